The predicted molar refractivity (Wildman–Crippen MR) is 154 cm³/mol. The topological polar surface area (TPSA) is 68.0 Å². The summed E-state index contributed by atoms with van der Waals surface area (Å²) in [6.07, 6.45) is 1.79. The molecule has 6 heteroatoms. The van der Waals surface area contributed by atoms with Crippen LogP contribution in [-0.2, 0) is 16.0 Å². The van der Waals surface area contributed by atoms with E-state index in [0.29, 0.717) is 40.5 Å². The summed E-state index contributed by atoms with van der Waals surface area (Å²) in [4.78, 5) is 13.3. The second-order valence-electron chi connectivity index (χ2n) is 9.43. The van der Waals surface area contributed by atoms with Crippen LogP contribution in [0.25, 0.3) is 5.57 Å². The molecular formula is C34H32NO5+. The minimum atomic E-state index is -0.500. The Bertz CT molecular complexity index is 1540. The second-order valence-corrected chi connectivity index (χ2v) is 9.43. The van der Waals surface area contributed by atoms with Gasteiger partial charge in [-0.2, -0.15) is 0 Å². The average Bonchev–Trinajstić information content (AvgIpc) is 3.32. The van der Waals surface area contributed by atoms with E-state index in [1.165, 1.54) is 12.6 Å². The molecule has 0 saturated heterocycles. The van der Waals surface area contributed by atoms with Gasteiger partial charge in [-0.15, -0.1) is 0 Å². The van der Waals surface area contributed by atoms with Gasteiger partial charge < -0.3 is 14.2 Å². The lowest BCUT2D eigenvalue weighted by Gasteiger charge is -2.11. The fraction of sp³-hybridized carbons (Fsp3) is 0.176. The predicted octanol–water partition coefficient (Wildman–Crippen LogP) is 6.69. The Labute approximate surface area is 234 Å². The third-order valence-electron chi connectivity index (χ3n) is 6.65. The summed E-state index contributed by atoms with van der Waals surface area (Å²) in [7, 11) is 1.51. The number of rotatable bonds is 10. The molecule has 0 aliphatic heterocycles. The van der Waals surface area contributed by atoms with E-state index in [0.717, 1.165) is 34.5 Å². The average molecular weight is 535 g/mol. The molecule has 202 valence electrons. The first-order chi connectivity index (χ1) is 19.5. The van der Waals surface area contributed by atoms with Gasteiger partial charge in [0.15, 0.2) is 7.05 Å². The zero-order valence-electron chi connectivity index (χ0n) is 22.7. The molecule has 40 heavy (non-hydrogen) atoms. The Balaban J connectivity index is 1.44. The first-order valence-electron chi connectivity index (χ1n) is 13.4. The van der Waals surface area contributed by atoms with E-state index in [1.807, 2.05) is 91.0 Å². The molecule has 0 atom stereocenters. The number of aryl methyl sites for hydroxylation is 1. The Kier molecular flexibility index (Phi) is 8.26. The van der Waals surface area contributed by atoms with Crippen LogP contribution >= 0.6 is 0 Å². The van der Waals surface area contributed by atoms with Crippen molar-refractivity contribution >= 4 is 17.3 Å². The van der Waals surface area contributed by atoms with Crippen molar-refractivity contribution in [3.05, 3.63) is 131 Å². The van der Waals surface area contributed by atoms with Crippen molar-refractivity contribution in [2.24, 2.45) is 0 Å². The van der Waals surface area contributed by atoms with Gasteiger partial charge in [-0.1, -0.05) is 60.7 Å². The zero-order valence-corrected chi connectivity index (χ0v) is 22.7. The Morgan fingerprint density at radius 1 is 0.800 bits per heavy atom. The lowest BCUT2D eigenvalue weighted by atomic mass is 9.97. The number of fused-ring (bicyclic) bond motifs is 1. The molecule has 0 unspecified atom stereocenters. The molecule has 4 aromatic carbocycles. The lowest BCUT2D eigenvalue weighted by molar-refractivity contribution is -0.753. The van der Waals surface area contributed by atoms with E-state index >= 15 is 0 Å². The molecule has 0 heterocycles. The van der Waals surface area contributed by atoms with Crippen LogP contribution in [-0.4, -0.2) is 41.9 Å². The summed E-state index contributed by atoms with van der Waals surface area (Å²) < 4.78 is 18.4. The summed E-state index contributed by atoms with van der Waals surface area (Å²) in [6, 6.07) is 33.1. The normalized spacial score (nSPS) is 13.6. The minimum absolute atomic E-state index is 0.216. The van der Waals surface area contributed by atoms with Crippen molar-refractivity contribution in [3.63, 3.8) is 0 Å². The van der Waals surface area contributed by atoms with Gasteiger partial charge in [0.25, 0.3) is 5.71 Å². The molecular weight excluding hydrogens is 502 g/mol. The van der Waals surface area contributed by atoms with Crippen molar-refractivity contribution in [2.45, 2.75) is 19.8 Å². The van der Waals surface area contributed by atoms with Gasteiger partial charge in [-0.25, -0.2) is 4.79 Å². The van der Waals surface area contributed by atoms with Crippen LogP contribution in [0.5, 0.6) is 17.2 Å². The van der Waals surface area contributed by atoms with Crippen molar-refractivity contribution in [3.8, 4) is 17.2 Å². The highest BCUT2D eigenvalue weighted by molar-refractivity contribution is 6.35. The Morgan fingerprint density at radius 3 is 2.12 bits per heavy atom. The number of esters is 1. The molecule has 1 aliphatic rings. The molecule has 5 rings (SSSR count). The molecule has 0 saturated carbocycles. The van der Waals surface area contributed by atoms with Crippen LogP contribution in [0.15, 0.2) is 109 Å². The number of nitrogens with zero attached hydrogens (tertiary/aromatic N) is 1. The van der Waals surface area contributed by atoms with Crippen LogP contribution in [0.3, 0.4) is 0 Å². The number of hydroxylamine groups is 1. The highest BCUT2D eigenvalue weighted by atomic mass is 16.5. The maximum absolute atomic E-state index is 13.3. The zero-order chi connectivity index (χ0) is 27.9. The summed E-state index contributed by atoms with van der Waals surface area (Å²) in [5.74, 6) is 1.58. The van der Waals surface area contributed by atoms with Crippen molar-refractivity contribution < 1.29 is 29.0 Å². The lowest BCUT2D eigenvalue weighted by Crippen LogP contribution is -2.22. The summed E-state index contributed by atoms with van der Waals surface area (Å²) >= 11 is 0. The number of hydrogen-bond acceptors (Lipinski definition) is 5. The van der Waals surface area contributed by atoms with Gasteiger partial charge in [0.1, 0.15) is 22.8 Å². The van der Waals surface area contributed by atoms with E-state index in [9.17, 15) is 10.0 Å². The molecule has 0 aromatic heterocycles. The Morgan fingerprint density at radius 2 is 1.45 bits per heavy atom. The molecule has 0 amide bonds. The van der Waals surface area contributed by atoms with Crippen LogP contribution in [0.1, 0.15) is 35.6 Å². The first kappa shape index (κ1) is 26.8. The SMILES string of the molecule is CCOC(=O)C1=C(c2ccc(Oc3ccccc3)cc2)c2ccc(OCCCc3ccccc3)cc2C1=[N+](C)O. The van der Waals surface area contributed by atoms with Gasteiger partial charge in [0, 0.05) is 5.57 Å². The van der Waals surface area contributed by atoms with Crippen molar-refractivity contribution in [1.82, 2.24) is 0 Å². The quantitative estimate of drug-likeness (QED) is 0.0807. The summed E-state index contributed by atoms with van der Waals surface area (Å²) in [5, 5.41) is 10.7. The number of para-hydroxylation sites is 1. The highest BCUT2D eigenvalue weighted by Crippen LogP contribution is 2.40. The molecule has 4 aromatic rings. The van der Waals surface area contributed by atoms with E-state index < -0.39 is 5.97 Å². The van der Waals surface area contributed by atoms with Gasteiger partial charge >= 0.3 is 5.97 Å². The van der Waals surface area contributed by atoms with Crippen LogP contribution in [0.2, 0.25) is 0 Å². The third-order valence-corrected chi connectivity index (χ3v) is 6.65. The van der Waals surface area contributed by atoms with Gasteiger partial charge in [-0.3, -0.25) is 5.21 Å². The van der Waals surface area contributed by atoms with Crippen LogP contribution in [0.4, 0.5) is 0 Å². The molecule has 0 fully saturated rings. The maximum atomic E-state index is 13.3. The maximum Gasteiger partial charge on any atom is 0.345 e. The van der Waals surface area contributed by atoms with Crippen molar-refractivity contribution in [2.75, 3.05) is 20.3 Å². The monoisotopic (exact) mass is 534 g/mol. The number of carbonyl (C=O) groups is 1. The van der Waals surface area contributed by atoms with Gasteiger partial charge in [0.2, 0.25) is 0 Å². The van der Waals surface area contributed by atoms with E-state index in [1.54, 1.807) is 6.92 Å². The smallest absolute Gasteiger partial charge is 0.345 e. The van der Waals surface area contributed by atoms with Crippen LogP contribution < -0.4 is 9.47 Å². The third kappa shape index (κ3) is 5.91. The molecule has 0 spiro atoms. The van der Waals surface area contributed by atoms with E-state index in [2.05, 4.69) is 12.1 Å². The molecule has 6 nitrogen and oxygen atoms in total. The number of ether oxygens (including phenoxy) is 3. The Hall–Kier alpha value is -4.84. The van der Waals surface area contributed by atoms with Crippen LogP contribution in [0, 0.1) is 0 Å². The molecule has 0 bridgehead atoms. The summed E-state index contributed by atoms with van der Waals surface area (Å²) in [6.45, 7) is 2.53. The number of carbonyl (C=O) groups excluding carboxylic acids is 1. The van der Waals surface area contributed by atoms with Crippen molar-refractivity contribution in [1.29, 1.82) is 0 Å². The van der Waals surface area contributed by atoms with Gasteiger partial charge in [-0.05, 0) is 83.7 Å². The fourth-order valence-electron chi connectivity index (χ4n) is 4.88. The molecule has 1 aliphatic carbocycles. The molecule has 1 N–H and O–H groups in total. The second kappa shape index (κ2) is 12.3. The van der Waals surface area contributed by atoms with E-state index in [4.69, 9.17) is 14.2 Å². The van der Waals surface area contributed by atoms with E-state index in [-0.39, 0.29) is 6.61 Å². The number of hydrogen-bond donors (Lipinski definition) is 1. The first-order valence-corrected chi connectivity index (χ1v) is 13.4. The summed E-state index contributed by atoms with van der Waals surface area (Å²) in [5.41, 5.74) is 4.96. The molecule has 0 radical (unpaired) electrons. The minimum Gasteiger partial charge on any atom is -0.494 e. The number of benzene rings is 4. The standard InChI is InChI=1S/C34H32NO5/c1-3-38-34(36)32-31(25-16-18-27(19-17-25)40-26-14-8-5-9-15-26)29-21-20-28(23-30(29)33(32)35(2)37)39-22-10-13-24-11-6-4-7-12-24/h4-9,11-12,14-21,23,37H,3,10,13,22H2,1-2H3/q+1. The largest absolute Gasteiger partial charge is 0.494 e. The highest BCUT2D eigenvalue weighted by Gasteiger charge is 2.40. The van der Waals surface area contributed by atoms with Gasteiger partial charge in [0.05, 0.1) is 18.8 Å². The fourth-order valence-corrected chi connectivity index (χ4v) is 4.88.